The molecule has 0 unspecified atom stereocenters. The van der Waals surface area contributed by atoms with Gasteiger partial charge in [0.1, 0.15) is 0 Å². The van der Waals surface area contributed by atoms with Crippen molar-refractivity contribution in [3.8, 4) is 11.1 Å². The molecule has 0 fully saturated rings. The van der Waals surface area contributed by atoms with Gasteiger partial charge in [0.05, 0.1) is 5.52 Å². The lowest BCUT2D eigenvalue weighted by Crippen LogP contribution is -2.05. The monoisotopic (exact) mass is 316 g/mol. The molecule has 0 bridgehead atoms. The number of aryl methyl sites for hydroxylation is 1. The maximum atomic E-state index is 12.1. The zero-order valence-electron chi connectivity index (χ0n) is 13.4. The van der Waals surface area contributed by atoms with Crippen molar-refractivity contribution >= 4 is 27.6 Å². The lowest BCUT2D eigenvalue weighted by Gasteiger charge is -2.11. The van der Waals surface area contributed by atoms with Crippen LogP contribution < -0.4 is 10.9 Å². The largest absolute Gasteiger partial charge is 0.357 e. The number of aromatic amines is 1. The maximum absolute atomic E-state index is 12.1. The van der Waals surface area contributed by atoms with Gasteiger partial charge in [-0.15, -0.1) is 0 Å². The van der Waals surface area contributed by atoms with Crippen molar-refractivity contribution in [2.45, 2.75) is 6.92 Å². The first-order valence-electron chi connectivity index (χ1n) is 7.73. The second-order valence-electron chi connectivity index (χ2n) is 5.74. The Labute approximate surface area is 138 Å². The summed E-state index contributed by atoms with van der Waals surface area (Å²) in [7, 11) is 1.80. The van der Waals surface area contributed by atoms with Crippen molar-refractivity contribution in [2.24, 2.45) is 0 Å². The average Bonchev–Trinajstić information content (AvgIpc) is 2.61. The van der Waals surface area contributed by atoms with Crippen LogP contribution in [0.15, 0.2) is 53.6 Å². The molecule has 0 saturated carbocycles. The van der Waals surface area contributed by atoms with E-state index in [2.05, 4.69) is 33.3 Å². The molecule has 0 aliphatic heterocycles. The van der Waals surface area contributed by atoms with Crippen molar-refractivity contribution in [3.63, 3.8) is 0 Å². The van der Waals surface area contributed by atoms with E-state index in [-0.39, 0.29) is 5.56 Å². The van der Waals surface area contributed by atoms with E-state index < -0.39 is 0 Å². The first-order chi connectivity index (χ1) is 11.7. The third-order valence-electron chi connectivity index (χ3n) is 4.25. The predicted octanol–water partition coefficient (Wildman–Crippen LogP) is 3.49. The van der Waals surface area contributed by atoms with Gasteiger partial charge in [-0.2, -0.15) is 0 Å². The molecule has 0 spiro atoms. The minimum absolute atomic E-state index is 0.0727. The summed E-state index contributed by atoms with van der Waals surface area (Å²) < 4.78 is 0. The Morgan fingerprint density at radius 1 is 1.08 bits per heavy atom. The second kappa shape index (κ2) is 5.45. The van der Waals surface area contributed by atoms with Gasteiger partial charge in [0.2, 0.25) is 5.95 Å². The number of rotatable bonds is 2. The minimum Gasteiger partial charge on any atom is -0.357 e. The van der Waals surface area contributed by atoms with Crippen LogP contribution in [0.5, 0.6) is 0 Å². The Balaban J connectivity index is 2.00. The van der Waals surface area contributed by atoms with Crippen LogP contribution in [-0.4, -0.2) is 22.0 Å². The number of benzene rings is 2. The molecule has 2 N–H and O–H groups in total. The zero-order chi connectivity index (χ0) is 16.7. The van der Waals surface area contributed by atoms with Crippen LogP contribution in [-0.2, 0) is 0 Å². The number of aromatic nitrogens is 3. The molecule has 118 valence electrons. The standard InChI is InChI=1S/C19H16N4O/c1-11-3-5-15-14(7-8-21-18(15)24)17(11)12-4-6-16-13(9-12)10-22-19(20-2)23-16/h3-10H,1-2H3,(H,21,24)(H,20,22,23). The van der Waals surface area contributed by atoms with Gasteiger partial charge in [0.25, 0.3) is 5.56 Å². The summed E-state index contributed by atoms with van der Waals surface area (Å²) in [5.41, 5.74) is 4.06. The van der Waals surface area contributed by atoms with Gasteiger partial charge < -0.3 is 10.3 Å². The van der Waals surface area contributed by atoms with Gasteiger partial charge in [0, 0.05) is 30.2 Å². The van der Waals surface area contributed by atoms with Crippen LogP contribution in [0, 0.1) is 6.92 Å². The van der Waals surface area contributed by atoms with Crippen molar-refractivity contribution in [2.75, 3.05) is 12.4 Å². The fraction of sp³-hybridized carbons (Fsp3) is 0.105. The number of nitrogens with zero attached hydrogens (tertiary/aromatic N) is 2. The second-order valence-corrected chi connectivity index (χ2v) is 5.74. The first kappa shape index (κ1) is 14.4. The fourth-order valence-electron chi connectivity index (χ4n) is 3.07. The molecule has 2 aromatic carbocycles. The van der Waals surface area contributed by atoms with E-state index in [1.165, 1.54) is 0 Å². The third-order valence-corrected chi connectivity index (χ3v) is 4.25. The molecule has 0 radical (unpaired) electrons. The highest BCUT2D eigenvalue weighted by molar-refractivity contribution is 5.99. The molecule has 5 heteroatoms. The number of H-pyrrole nitrogens is 1. The molecular weight excluding hydrogens is 300 g/mol. The molecule has 24 heavy (non-hydrogen) atoms. The highest BCUT2D eigenvalue weighted by Crippen LogP contribution is 2.32. The van der Waals surface area contributed by atoms with Gasteiger partial charge in [-0.05, 0) is 53.3 Å². The SMILES string of the molecule is CNc1ncc2cc(-c3c(C)ccc4c(=O)[nH]ccc34)ccc2n1. The molecule has 0 atom stereocenters. The molecule has 2 aromatic heterocycles. The lowest BCUT2D eigenvalue weighted by molar-refractivity contribution is 1.19. The molecule has 4 aromatic rings. The number of fused-ring (bicyclic) bond motifs is 2. The van der Waals surface area contributed by atoms with E-state index >= 15 is 0 Å². The number of nitrogens with one attached hydrogen (secondary N) is 2. The topological polar surface area (TPSA) is 70.7 Å². The molecule has 0 amide bonds. The van der Waals surface area contributed by atoms with Crippen molar-refractivity contribution in [1.29, 1.82) is 0 Å². The first-order valence-corrected chi connectivity index (χ1v) is 7.73. The summed E-state index contributed by atoms with van der Waals surface area (Å²) in [6.07, 6.45) is 3.50. The quantitative estimate of drug-likeness (QED) is 0.594. The van der Waals surface area contributed by atoms with Crippen LogP contribution in [0.3, 0.4) is 0 Å². The summed E-state index contributed by atoms with van der Waals surface area (Å²) >= 11 is 0. The summed E-state index contributed by atoms with van der Waals surface area (Å²) in [6, 6.07) is 11.9. The van der Waals surface area contributed by atoms with E-state index in [4.69, 9.17) is 0 Å². The van der Waals surface area contributed by atoms with Gasteiger partial charge in [-0.3, -0.25) is 4.79 Å². The van der Waals surface area contributed by atoms with Crippen LogP contribution in [0.2, 0.25) is 0 Å². The Morgan fingerprint density at radius 2 is 1.96 bits per heavy atom. The highest BCUT2D eigenvalue weighted by Gasteiger charge is 2.10. The van der Waals surface area contributed by atoms with E-state index in [0.29, 0.717) is 11.3 Å². The Hall–Kier alpha value is -3.21. The van der Waals surface area contributed by atoms with Gasteiger partial charge in [-0.25, -0.2) is 9.97 Å². The van der Waals surface area contributed by atoms with Gasteiger partial charge in [0.15, 0.2) is 0 Å². The Kier molecular flexibility index (Phi) is 3.27. The normalized spacial score (nSPS) is 11.1. The predicted molar refractivity (Wildman–Crippen MR) is 97.4 cm³/mol. The summed E-state index contributed by atoms with van der Waals surface area (Å²) in [6.45, 7) is 2.06. The molecule has 4 rings (SSSR count). The number of hydrogen-bond donors (Lipinski definition) is 2. The Morgan fingerprint density at radius 3 is 2.79 bits per heavy atom. The summed E-state index contributed by atoms with van der Waals surface area (Å²) in [5.74, 6) is 0.600. The number of anilines is 1. The number of hydrogen-bond acceptors (Lipinski definition) is 4. The van der Waals surface area contributed by atoms with E-state index in [1.54, 1.807) is 13.2 Å². The minimum atomic E-state index is -0.0727. The zero-order valence-corrected chi connectivity index (χ0v) is 13.4. The van der Waals surface area contributed by atoms with Crippen LogP contribution in [0.4, 0.5) is 5.95 Å². The van der Waals surface area contributed by atoms with Crippen molar-refractivity contribution in [1.82, 2.24) is 15.0 Å². The average molecular weight is 316 g/mol. The highest BCUT2D eigenvalue weighted by atomic mass is 16.1. The fourth-order valence-corrected chi connectivity index (χ4v) is 3.07. The van der Waals surface area contributed by atoms with Crippen molar-refractivity contribution < 1.29 is 0 Å². The van der Waals surface area contributed by atoms with Crippen LogP contribution >= 0.6 is 0 Å². The summed E-state index contributed by atoms with van der Waals surface area (Å²) in [5, 5.41) is 5.55. The van der Waals surface area contributed by atoms with Crippen LogP contribution in [0.1, 0.15) is 5.56 Å². The smallest absolute Gasteiger partial charge is 0.255 e. The molecular formula is C19H16N4O. The summed E-state index contributed by atoms with van der Waals surface area (Å²) in [4.78, 5) is 23.5. The molecule has 0 aliphatic carbocycles. The molecule has 5 nitrogen and oxygen atoms in total. The van der Waals surface area contributed by atoms with Crippen molar-refractivity contribution in [3.05, 3.63) is 64.7 Å². The molecule has 0 saturated heterocycles. The van der Waals surface area contributed by atoms with Crippen LogP contribution in [0.25, 0.3) is 32.8 Å². The van der Waals surface area contributed by atoms with E-state index in [1.807, 2.05) is 36.5 Å². The third kappa shape index (κ3) is 2.22. The maximum Gasteiger partial charge on any atom is 0.255 e. The van der Waals surface area contributed by atoms with E-state index in [0.717, 1.165) is 33.0 Å². The van der Waals surface area contributed by atoms with Gasteiger partial charge in [-0.1, -0.05) is 12.1 Å². The van der Waals surface area contributed by atoms with Gasteiger partial charge >= 0.3 is 0 Å². The lowest BCUT2D eigenvalue weighted by atomic mass is 9.94. The molecule has 2 heterocycles. The Bertz CT molecular complexity index is 1130. The number of pyridine rings is 1. The molecule has 0 aliphatic rings. The van der Waals surface area contributed by atoms with E-state index in [9.17, 15) is 4.79 Å².